The lowest BCUT2D eigenvalue weighted by atomic mass is 9.99. The molecule has 1 amide bonds. The molecule has 6 rings (SSSR count). The SMILES string of the molecule is O=C(O)c1ccc(CNC(=O)c2cc(-c3ccc(F)cc3)cn3ccc(Cc4ccc5ccc(F)cc5c4)c23)cc1. The largest absolute Gasteiger partial charge is 0.478 e. The van der Waals surface area contributed by atoms with Crippen molar-refractivity contribution in [2.24, 2.45) is 0 Å². The molecule has 0 fully saturated rings. The lowest BCUT2D eigenvalue weighted by Crippen LogP contribution is -2.23. The third-order valence-electron chi connectivity index (χ3n) is 7.17. The topological polar surface area (TPSA) is 70.8 Å². The summed E-state index contributed by atoms with van der Waals surface area (Å²) in [6.07, 6.45) is 4.32. The van der Waals surface area contributed by atoms with E-state index in [0.29, 0.717) is 12.0 Å². The Hall–Kier alpha value is -5.30. The molecule has 0 spiro atoms. The maximum absolute atomic E-state index is 13.9. The van der Waals surface area contributed by atoms with Gasteiger partial charge in [-0.1, -0.05) is 48.5 Å². The van der Waals surface area contributed by atoms with Crippen molar-refractivity contribution in [3.05, 3.63) is 149 Å². The Labute approximate surface area is 234 Å². The third-order valence-corrected chi connectivity index (χ3v) is 7.17. The average molecular weight is 547 g/mol. The highest BCUT2D eigenvalue weighted by Gasteiger charge is 2.17. The van der Waals surface area contributed by atoms with E-state index < -0.39 is 5.97 Å². The number of carbonyl (C=O) groups is 2. The van der Waals surface area contributed by atoms with E-state index in [9.17, 15) is 18.4 Å². The Morgan fingerprint density at radius 3 is 2.20 bits per heavy atom. The summed E-state index contributed by atoms with van der Waals surface area (Å²) < 4.78 is 29.3. The molecule has 6 aromatic rings. The van der Waals surface area contributed by atoms with Gasteiger partial charge in [-0.05, 0) is 93.5 Å². The number of halogens is 2. The molecule has 41 heavy (non-hydrogen) atoms. The van der Waals surface area contributed by atoms with Crippen molar-refractivity contribution in [2.75, 3.05) is 0 Å². The Kier molecular flexibility index (Phi) is 6.77. The first-order valence-corrected chi connectivity index (χ1v) is 13.0. The van der Waals surface area contributed by atoms with E-state index in [4.69, 9.17) is 5.11 Å². The number of nitrogens with zero attached hydrogens (tertiary/aromatic N) is 1. The normalized spacial score (nSPS) is 11.2. The maximum Gasteiger partial charge on any atom is 0.335 e. The minimum atomic E-state index is -1.02. The van der Waals surface area contributed by atoms with Crippen LogP contribution in [0.1, 0.15) is 37.4 Å². The zero-order valence-corrected chi connectivity index (χ0v) is 21.8. The van der Waals surface area contributed by atoms with Crippen LogP contribution >= 0.6 is 0 Å². The number of fused-ring (bicyclic) bond motifs is 2. The summed E-state index contributed by atoms with van der Waals surface area (Å²) in [5.74, 6) is -1.96. The van der Waals surface area contributed by atoms with Crippen molar-refractivity contribution in [3.8, 4) is 11.1 Å². The smallest absolute Gasteiger partial charge is 0.335 e. The molecule has 0 unspecified atom stereocenters. The van der Waals surface area contributed by atoms with Crippen LogP contribution in [-0.4, -0.2) is 21.4 Å². The van der Waals surface area contributed by atoms with Crippen LogP contribution in [0.4, 0.5) is 8.78 Å². The van der Waals surface area contributed by atoms with E-state index in [2.05, 4.69) is 5.32 Å². The van der Waals surface area contributed by atoms with Gasteiger partial charge in [-0.3, -0.25) is 4.79 Å². The lowest BCUT2D eigenvalue weighted by molar-refractivity contribution is 0.0696. The molecular weight excluding hydrogens is 522 g/mol. The molecule has 0 radical (unpaired) electrons. The van der Waals surface area contributed by atoms with E-state index in [1.807, 2.05) is 41.1 Å². The van der Waals surface area contributed by atoms with Crippen LogP contribution in [0.25, 0.3) is 27.4 Å². The fourth-order valence-corrected chi connectivity index (χ4v) is 5.08. The van der Waals surface area contributed by atoms with Gasteiger partial charge in [0, 0.05) is 18.9 Å². The highest BCUT2D eigenvalue weighted by atomic mass is 19.1. The van der Waals surface area contributed by atoms with Crippen molar-refractivity contribution in [1.29, 1.82) is 0 Å². The summed E-state index contributed by atoms with van der Waals surface area (Å²) in [5, 5.41) is 13.8. The van der Waals surface area contributed by atoms with E-state index in [0.717, 1.165) is 44.1 Å². The van der Waals surface area contributed by atoms with Gasteiger partial charge in [-0.2, -0.15) is 0 Å². The summed E-state index contributed by atoms with van der Waals surface area (Å²) in [4.78, 5) is 24.8. The van der Waals surface area contributed by atoms with E-state index in [1.54, 1.807) is 36.4 Å². The third kappa shape index (κ3) is 5.43. The fourth-order valence-electron chi connectivity index (χ4n) is 5.08. The Bertz CT molecular complexity index is 1930. The number of pyridine rings is 1. The molecule has 2 aromatic heterocycles. The van der Waals surface area contributed by atoms with Crippen molar-refractivity contribution >= 4 is 28.2 Å². The van der Waals surface area contributed by atoms with Crippen LogP contribution < -0.4 is 5.32 Å². The monoisotopic (exact) mass is 546 g/mol. The molecule has 0 aliphatic rings. The molecule has 0 aliphatic carbocycles. The molecule has 2 heterocycles. The van der Waals surface area contributed by atoms with Crippen molar-refractivity contribution < 1.29 is 23.5 Å². The second kappa shape index (κ2) is 10.7. The van der Waals surface area contributed by atoms with Crippen molar-refractivity contribution in [1.82, 2.24) is 9.72 Å². The van der Waals surface area contributed by atoms with Gasteiger partial charge in [0.2, 0.25) is 0 Å². The number of carbonyl (C=O) groups excluding carboxylic acids is 1. The van der Waals surface area contributed by atoms with Crippen molar-refractivity contribution in [2.45, 2.75) is 13.0 Å². The second-order valence-electron chi connectivity index (χ2n) is 9.93. The van der Waals surface area contributed by atoms with Crippen LogP contribution in [0.5, 0.6) is 0 Å². The number of nitrogens with one attached hydrogen (secondary N) is 1. The van der Waals surface area contributed by atoms with Gasteiger partial charge in [0.05, 0.1) is 16.6 Å². The van der Waals surface area contributed by atoms with Crippen LogP contribution in [0, 0.1) is 11.6 Å². The Morgan fingerprint density at radius 2 is 1.44 bits per heavy atom. The first kappa shape index (κ1) is 26.0. The van der Waals surface area contributed by atoms with Crippen molar-refractivity contribution in [3.63, 3.8) is 0 Å². The zero-order chi connectivity index (χ0) is 28.5. The quantitative estimate of drug-likeness (QED) is 0.221. The number of hydrogen-bond acceptors (Lipinski definition) is 2. The highest BCUT2D eigenvalue weighted by Crippen LogP contribution is 2.28. The number of aromatic carboxylic acids is 1. The fraction of sp³-hybridized carbons (Fsp3) is 0.0588. The van der Waals surface area contributed by atoms with Crippen LogP contribution in [0.3, 0.4) is 0 Å². The van der Waals surface area contributed by atoms with E-state index >= 15 is 0 Å². The molecule has 5 nitrogen and oxygen atoms in total. The molecule has 0 aliphatic heterocycles. The van der Waals surface area contributed by atoms with Gasteiger partial charge in [-0.15, -0.1) is 0 Å². The van der Waals surface area contributed by atoms with Crippen LogP contribution in [-0.2, 0) is 13.0 Å². The summed E-state index contributed by atoms with van der Waals surface area (Å²) in [6.45, 7) is 0.206. The number of benzene rings is 4. The van der Waals surface area contributed by atoms with Gasteiger partial charge in [-0.25, -0.2) is 13.6 Å². The molecule has 4 aromatic carbocycles. The summed E-state index contributed by atoms with van der Waals surface area (Å²) in [6, 6.07) is 26.8. The number of hydrogen-bond donors (Lipinski definition) is 2. The number of rotatable bonds is 7. The van der Waals surface area contributed by atoms with E-state index in [-0.39, 0.29) is 29.6 Å². The molecule has 0 atom stereocenters. The number of aromatic nitrogens is 1. The predicted octanol–water partition coefficient (Wildman–Crippen LogP) is 7.26. The highest BCUT2D eigenvalue weighted by molar-refractivity contribution is 6.03. The van der Waals surface area contributed by atoms with Gasteiger partial charge < -0.3 is 14.8 Å². The minimum Gasteiger partial charge on any atom is -0.478 e. The molecule has 2 N–H and O–H groups in total. The van der Waals surface area contributed by atoms with Gasteiger partial charge in [0.15, 0.2) is 0 Å². The number of amides is 1. The lowest BCUT2D eigenvalue weighted by Gasteiger charge is -2.13. The minimum absolute atomic E-state index is 0.169. The molecule has 7 heteroatoms. The summed E-state index contributed by atoms with van der Waals surface area (Å²) in [5.41, 5.74) is 5.51. The number of carboxylic acids is 1. The molecule has 0 saturated carbocycles. The predicted molar refractivity (Wildman–Crippen MR) is 154 cm³/mol. The first-order chi connectivity index (χ1) is 19.8. The number of carboxylic acid groups (broad SMARTS) is 1. The van der Waals surface area contributed by atoms with Gasteiger partial charge in [0.25, 0.3) is 5.91 Å². The Morgan fingerprint density at radius 1 is 0.732 bits per heavy atom. The van der Waals surface area contributed by atoms with Gasteiger partial charge >= 0.3 is 5.97 Å². The molecule has 0 bridgehead atoms. The van der Waals surface area contributed by atoms with Gasteiger partial charge in [0.1, 0.15) is 11.6 Å². The summed E-state index contributed by atoms with van der Waals surface area (Å²) in [7, 11) is 0. The van der Waals surface area contributed by atoms with E-state index in [1.165, 1.54) is 36.4 Å². The zero-order valence-electron chi connectivity index (χ0n) is 21.8. The maximum atomic E-state index is 13.9. The van der Waals surface area contributed by atoms with Crippen LogP contribution in [0.15, 0.2) is 109 Å². The standard InChI is InChI=1S/C34H24F2N2O3/c35-29-10-7-24(8-11-29)28-18-31(33(39)37-19-21-1-5-25(6-2-21)34(40)41)32-26(13-14-38(32)20-28)15-22-3-4-23-9-12-30(36)17-27(23)16-22/h1-14,16-18,20H,15,19H2,(H,37,39)(H,40,41). The second-order valence-corrected chi connectivity index (χ2v) is 9.93. The summed E-state index contributed by atoms with van der Waals surface area (Å²) >= 11 is 0. The molecule has 202 valence electrons. The first-order valence-electron chi connectivity index (χ1n) is 13.0. The molecular formula is C34H24F2N2O3. The average Bonchev–Trinajstić information content (AvgIpc) is 3.38. The Balaban J connectivity index is 1.37. The van der Waals surface area contributed by atoms with Crippen LogP contribution in [0.2, 0.25) is 0 Å². The molecule has 0 saturated heterocycles.